The normalized spacial score (nSPS) is 9.38. The van der Waals surface area contributed by atoms with Gasteiger partial charge in [0.1, 0.15) is 5.82 Å². The molecule has 0 aliphatic carbocycles. The van der Waals surface area contributed by atoms with Gasteiger partial charge in [0.15, 0.2) is 0 Å². The van der Waals surface area contributed by atoms with Gasteiger partial charge in [0.25, 0.3) is 0 Å². The number of anilines is 1. The molecule has 70 valence electrons. The molecule has 0 fully saturated rings. The van der Waals surface area contributed by atoms with Gasteiger partial charge >= 0.3 is 11.7 Å². The van der Waals surface area contributed by atoms with E-state index in [1.807, 2.05) is 22.6 Å². The summed E-state index contributed by atoms with van der Waals surface area (Å²) in [7, 11) is 1.49. The van der Waals surface area contributed by atoms with Gasteiger partial charge in [-0.25, -0.2) is 14.6 Å². The van der Waals surface area contributed by atoms with Crippen LogP contribution in [0.5, 0.6) is 0 Å². The number of amides is 2. The molecule has 0 bridgehead atoms. The molecule has 6 nitrogen and oxygen atoms in total. The maximum absolute atomic E-state index is 10.9. The largest absolute Gasteiger partial charge is 0.346 e. The number of H-pyrrole nitrogens is 1. The third-order valence-corrected chi connectivity index (χ3v) is 2.05. The lowest BCUT2D eigenvalue weighted by Gasteiger charge is -2.04. The number of hydrogen-bond acceptors (Lipinski definition) is 3. The van der Waals surface area contributed by atoms with Crippen molar-refractivity contribution in [2.75, 3.05) is 12.4 Å². The van der Waals surface area contributed by atoms with Crippen molar-refractivity contribution >= 4 is 34.4 Å². The fourth-order valence-corrected chi connectivity index (χ4v) is 1.05. The molecule has 2 amide bonds. The molecular formula is C6H7IN4O2. The van der Waals surface area contributed by atoms with Crippen LogP contribution in [0.15, 0.2) is 11.0 Å². The second kappa shape index (κ2) is 4.21. The second-order valence-electron chi connectivity index (χ2n) is 2.12. The molecule has 1 aromatic rings. The van der Waals surface area contributed by atoms with Crippen LogP contribution in [0.2, 0.25) is 0 Å². The topological polar surface area (TPSA) is 86.9 Å². The summed E-state index contributed by atoms with van der Waals surface area (Å²) in [6.07, 6.45) is 1.38. The number of urea groups is 1. The zero-order valence-corrected chi connectivity index (χ0v) is 8.88. The maximum atomic E-state index is 10.9. The maximum Gasteiger partial charge on any atom is 0.346 e. The number of nitrogens with zero attached hydrogens (tertiary/aromatic N) is 1. The zero-order valence-electron chi connectivity index (χ0n) is 6.72. The van der Waals surface area contributed by atoms with Gasteiger partial charge in [0.05, 0.1) is 3.57 Å². The molecule has 0 radical (unpaired) electrons. The lowest BCUT2D eigenvalue weighted by atomic mass is 10.6. The lowest BCUT2D eigenvalue weighted by molar-refractivity contribution is 0.254. The second-order valence-corrected chi connectivity index (χ2v) is 3.28. The zero-order chi connectivity index (χ0) is 9.84. The van der Waals surface area contributed by atoms with Crippen LogP contribution in [0, 0.1) is 3.57 Å². The van der Waals surface area contributed by atoms with Crippen LogP contribution in [0.1, 0.15) is 0 Å². The van der Waals surface area contributed by atoms with E-state index >= 15 is 0 Å². The van der Waals surface area contributed by atoms with Gasteiger partial charge in [-0.2, -0.15) is 0 Å². The van der Waals surface area contributed by atoms with E-state index in [0.29, 0.717) is 9.39 Å². The van der Waals surface area contributed by atoms with Crippen LogP contribution < -0.4 is 16.3 Å². The SMILES string of the molecule is CNC(=O)Nc1[nH]c(=O)ncc1I. The van der Waals surface area contributed by atoms with Crippen molar-refractivity contribution < 1.29 is 4.79 Å². The highest BCUT2D eigenvalue weighted by Crippen LogP contribution is 2.10. The number of hydrogen-bond donors (Lipinski definition) is 3. The van der Waals surface area contributed by atoms with Gasteiger partial charge in [0, 0.05) is 13.2 Å². The predicted molar refractivity (Wildman–Crippen MR) is 55.7 cm³/mol. The molecule has 0 aliphatic rings. The lowest BCUT2D eigenvalue weighted by Crippen LogP contribution is -2.27. The van der Waals surface area contributed by atoms with E-state index < -0.39 is 5.69 Å². The highest BCUT2D eigenvalue weighted by atomic mass is 127. The van der Waals surface area contributed by atoms with Crippen molar-refractivity contribution in [3.63, 3.8) is 0 Å². The molecule has 3 N–H and O–H groups in total. The summed E-state index contributed by atoms with van der Waals surface area (Å²) in [6, 6.07) is -0.389. The minimum absolute atomic E-state index is 0.347. The molecular weight excluding hydrogens is 287 g/mol. The van der Waals surface area contributed by atoms with Gasteiger partial charge in [-0.15, -0.1) is 0 Å². The Bertz CT molecular complexity index is 375. The number of aromatic nitrogens is 2. The Kier molecular flexibility index (Phi) is 3.23. The van der Waals surface area contributed by atoms with Gasteiger partial charge in [-0.3, -0.25) is 10.3 Å². The van der Waals surface area contributed by atoms with Crippen LogP contribution in [-0.4, -0.2) is 23.0 Å². The van der Waals surface area contributed by atoms with E-state index in [4.69, 9.17) is 0 Å². The van der Waals surface area contributed by atoms with Crippen molar-refractivity contribution in [3.05, 3.63) is 20.3 Å². The molecule has 13 heavy (non-hydrogen) atoms. The van der Waals surface area contributed by atoms with Gasteiger partial charge in [-0.1, -0.05) is 0 Å². The van der Waals surface area contributed by atoms with Gasteiger partial charge in [0.2, 0.25) is 0 Å². The standard InChI is InChI=1S/C6H7IN4O2/c1-8-5(12)10-4-3(7)2-9-6(13)11-4/h2H,1H3,(H3,8,9,10,11,12,13). The highest BCUT2D eigenvalue weighted by Gasteiger charge is 2.03. The van der Waals surface area contributed by atoms with Crippen LogP contribution in [-0.2, 0) is 0 Å². The molecule has 0 aliphatic heterocycles. The molecule has 0 spiro atoms. The predicted octanol–water partition coefficient (Wildman–Crippen LogP) is 0.126. The summed E-state index contributed by atoms with van der Waals surface area (Å²) in [4.78, 5) is 27.5. The first-order valence-corrected chi connectivity index (χ1v) is 4.45. The van der Waals surface area contributed by atoms with E-state index in [-0.39, 0.29) is 6.03 Å². The van der Waals surface area contributed by atoms with Gasteiger partial charge < -0.3 is 5.32 Å². The smallest absolute Gasteiger partial charge is 0.341 e. The Hall–Kier alpha value is -1.12. The van der Waals surface area contributed by atoms with Crippen molar-refractivity contribution in [2.45, 2.75) is 0 Å². The van der Waals surface area contributed by atoms with E-state index in [1.54, 1.807) is 0 Å². The van der Waals surface area contributed by atoms with Crippen LogP contribution in [0.25, 0.3) is 0 Å². The molecule has 0 saturated carbocycles. The average molecular weight is 294 g/mol. The van der Waals surface area contributed by atoms with Crippen molar-refractivity contribution in [2.24, 2.45) is 0 Å². The quantitative estimate of drug-likeness (QED) is 0.643. The monoisotopic (exact) mass is 294 g/mol. The highest BCUT2D eigenvalue weighted by molar-refractivity contribution is 14.1. The molecule has 0 unspecified atom stereocenters. The minimum Gasteiger partial charge on any atom is -0.341 e. The van der Waals surface area contributed by atoms with Gasteiger partial charge in [-0.05, 0) is 22.6 Å². The average Bonchev–Trinajstić information content (AvgIpc) is 2.11. The molecule has 1 heterocycles. The summed E-state index contributed by atoms with van der Waals surface area (Å²) in [5.41, 5.74) is -0.494. The van der Waals surface area contributed by atoms with E-state index in [0.717, 1.165) is 0 Å². The first-order valence-electron chi connectivity index (χ1n) is 3.37. The summed E-state index contributed by atoms with van der Waals surface area (Å²) in [5.74, 6) is 0.347. The van der Waals surface area contributed by atoms with Crippen molar-refractivity contribution in [1.82, 2.24) is 15.3 Å². The molecule has 7 heteroatoms. The summed E-state index contributed by atoms with van der Waals surface area (Å²) in [5, 5.41) is 4.81. The number of halogens is 1. The van der Waals surface area contributed by atoms with Crippen molar-refractivity contribution in [3.8, 4) is 0 Å². The Labute approximate surface area is 87.3 Å². The molecule has 1 rings (SSSR count). The minimum atomic E-state index is -0.494. The Morgan fingerprint density at radius 1 is 1.69 bits per heavy atom. The number of carbonyl (C=O) groups excluding carboxylic acids is 1. The number of rotatable bonds is 1. The first kappa shape index (κ1) is 9.96. The number of aromatic amines is 1. The molecule has 0 saturated heterocycles. The van der Waals surface area contributed by atoms with E-state index in [2.05, 4.69) is 20.6 Å². The van der Waals surface area contributed by atoms with Crippen LogP contribution in [0.3, 0.4) is 0 Å². The summed E-state index contributed by atoms with van der Waals surface area (Å²) in [6.45, 7) is 0. The summed E-state index contributed by atoms with van der Waals surface area (Å²) < 4.78 is 0.667. The fraction of sp³-hybridized carbons (Fsp3) is 0.167. The van der Waals surface area contributed by atoms with Crippen molar-refractivity contribution in [1.29, 1.82) is 0 Å². The third-order valence-electron chi connectivity index (χ3n) is 1.23. The number of nitrogens with one attached hydrogen (secondary N) is 3. The van der Waals surface area contributed by atoms with E-state index in [1.165, 1.54) is 13.2 Å². The molecule has 0 atom stereocenters. The van der Waals surface area contributed by atoms with E-state index in [9.17, 15) is 9.59 Å². The third kappa shape index (κ3) is 2.68. The number of carbonyl (C=O) groups is 1. The Balaban J connectivity index is 2.94. The first-order chi connectivity index (χ1) is 6.13. The van der Waals surface area contributed by atoms with Crippen LogP contribution >= 0.6 is 22.6 Å². The Morgan fingerprint density at radius 2 is 2.38 bits per heavy atom. The molecule has 0 aromatic carbocycles. The fourth-order valence-electron chi connectivity index (χ4n) is 0.646. The van der Waals surface area contributed by atoms with Crippen LogP contribution in [0.4, 0.5) is 10.6 Å². The molecule has 1 aromatic heterocycles. The Morgan fingerprint density at radius 3 is 3.00 bits per heavy atom. The summed E-state index contributed by atoms with van der Waals surface area (Å²) >= 11 is 1.95.